The first-order chi connectivity index (χ1) is 9.76. The molecule has 104 valence electrons. The number of fused-ring (bicyclic) bond motifs is 1. The Morgan fingerprint density at radius 2 is 2.30 bits per heavy atom. The molecular formula is C15H15BrN2O2. The predicted molar refractivity (Wildman–Crippen MR) is 80.0 cm³/mol. The first kappa shape index (κ1) is 13.4. The van der Waals surface area contributed by atoms with Gasteiger partial charge in [0.05, 0.1) is 6.04 Å². The molecule has 5 heteroatoms. The zero-order chi connectivity index (χ0) is 13.9. The molecule has 1 atom stereocenters. The number of aromatic nitrogens is 1. The Kier molecular flexibility index (Phi) is 3.89. The first-order valence-electron chi connectivity index (χ1n) is 6.42. The van der Waals surface area contributed by atoms with Crippen LogP contribution < -0.4 is 14.8 Å². The van der Waals surface area contributed by atoms with E-state index in [4.69, 9.17) is 9.47 Å². The van der Waals surface area contributed by atoms with Crippen molar-refractivity contribution in [3.05, 3.63) is 52.3 Å². The fraction of sp³-hybridized carbons (Fsp3) is 0.267. The van der Waals surface area contributed by atoms with E-state index < -0.39 is 0 Å². The third-order valence-corrected chi connectivity index (χ3v) is 3.72. The lowest BCUT2D eigenvalue weighted by Crippen LogP contribution is -2.17. The summed E-state index contributed by atoms with van der Waals surface area (Å²) in [5, 5.41) is 3.22. The van der Waals surface area contributed by atoms with Gasteiger partial charge in [0.2, 0.25) is 0 Å². The zero-order valence-electron chi connectivity index (χ0n) is 11.1. The van der Waals surface area contributed by atoms with Crippen molar-refractivity contribution in [2.45, 2.75) is 12.6 Å². The summed E-state index contributed by atoms with van der Waals surface area (Å²) in [6, 6.07) is 8.24. The van der Waals surface area contributed by atoms with Crippen LogP contribution in [-0.4, -0.2) is 18.6 Å². The minimum atomic E-state index is 0.272. The summed E-state index contributed by atoms with van der Waals surface area (Å²) in [6.07, 6.45) is 3.55. The molecule has 0 radical (unpaired) electrons. The number of ether oxygens (including phenoxy) is 2. The minimum Gasteiger partial charge on any atom is -0.491 e. The Morgan fingerprint density at radius 3 is 3.10 bits per heavy atom. The molecule has 1 aromatic carbocycles. The smallest absolute Gasteiger partial charge is 0.127 e. The highest BCUT2D eigenvalue weighted by molar-refractivity contribution is 9.10. The number of rotatable bonds is 4. The van der Waals surface area contributed by atoms with Crippen LogP contribution in [0.3, 0.4) is 0 Å². The van der Waals surface area contributed by atoms with Gasteiger partial charge in [-0.05, 0) is 41.2 Å². The summed E-state index contributed by atoms with van der Waals surface area (Å²) in [5.74, 6) is 1.70. The largest absolute Gasteiger partial charge is 0.491 e. The summed E-state index contributed by atoms with van der Waals surface area (Å²) in [6.45, 7) is 1.16. The highest BCUT2D eigenvalue weighted by Gasteiger charge is 2.22. The Bertz CT molecular complexity index is 619. The van der Waals surface area contributed by atoms with Crippen LogP contribution in [0.15, 0.2) is 41.1 Å². The van der Waals surface area contributed by atoms with E-state index in [1.165, 1.54) is 5.56 Å². The second kappa shape index (κ2) is 5.81. The average Bonchev–Trinajstić information content (AvgIpc) is 2.87. The van der Waals surface area contributed by atoms with Crippen LogP contribution in [0.4, 0.5) is 0 Å². The van der Waals surface area contributed by atoms with E-state index in [0.29, 0.717) is 13.2 Å². The molecule has 20 heavy (non-hydrogen) atoms. The molecule has 3 rings (SSSR count). The molecule has 0 aliphatic carbocycles. The number of pyridine rings is 1. The van der Waals surface area contributed by atoms with Crippen LogP contribution in [0.5, 0.6) is 11.5 Å². The number of hydrogen-bond donors (Lipinski definition) is 1. The van der Waals surface area contributed by atoms with Gasteiger partial charge in [0, 0.05) is 34.1 Å². The maximum atomic E-state index is 5.78. The van der Waals surface area contributed by atoms with Crippen LogP contribution in [0.1, 0.15) is 17.2 Å². The first-order valence-corrected chi connectivity index (χ1v) is 7.22. The summed E-state index contributed by atoms with van der Waals surface area (Å²) < 4.78 is 12.4. The fourth-order valence-electron chi connectivity index (χ4n) is 2.22. The Labute approximate surface area is 126 Å². The lowest BCUT2D eigenvalue weighted by molar-refractivity contribution is 0.298. The van der Waals surface area contributed by atoms with Gasteiger partial charge in [-0.25, -0.2) is 0 Å². The van der Waals surface area contributed by atoms with Gasteiger partial charge in [0.15, 0.2) is 0 Å². The molecule has 0 amide bonds. The second-order valence-electron chi connectivity index (χ2n) is 4.65. The highest BCUT2D eigenvalue weighted by atomic mass is 79.9. The van der Waals surface area contributed by atoms with Crippen molar-refractivity contribution in [1.29, 1.82) is 0 Å². The van der Waals surface area contributed by atoms with E-state index in [9.17, 15) is 0 Å². The molecule has 2 aromatic rings. The molecule has 0 saturated heterocycles. The molecule has 1 aliphatic heterocycles. The molecule has 0 spiro atoms. The van der Waals surface area contributed by atoms with Gasteiger partial charge < -0.3 is 14.8 Å². The summed E-state index contributed by atoms with van der Waals surface area (Å²) in [7, 11) is 1.94. The molecule has 1 N–H and O–H groups in total. The summed E-state index contributed by atoms with van der Waals surface area (Å²) in [5.41, 5.74) is 2.21. The molecule has 0 saturated carbocycles. The molecule has 4 nitrogen and oxygen atoms in total. The molecule has 1 aliphatic rings. The predicted octanol–water partition coefficient (Wildman–Crippen LogP) is 3.08. The lowest BCUT2D eigenvalue weighted by atomic mass is 10.1. The highest BCUT2D eigenvalue weighted by Crippen LogP contribution is 2.35. The monoisotopic (exact) mass is 334 g/mol. The van der Waals surface area contributed by atoms with E-state index in [1.807, 2.05) is 25.2 Å². The van der Waals surface area contributed by atoms with Crippen molar-refractivity contribution in [1.82, 2.24) is 10.3 Å². The molecular weight excluding hydrogens is 320 g/mol. The van der Waals surface area contributed by atoms with Crippen LogP contribution in [-0.2, 0) is 6.61 Å². The third kappa shape index (κ3) is 2.78. The maximum absolute atomic E-state index is 5.78. The van der Waals surface area contributed by atoms with Gasteiger partial charge in [-0.3, -0.25) is 4.98 Å². The van der Waals surface area contributed by atoms with Gasteiger partial charge in [-0.1, -0.05) is 0 Å². The fourth-order valence-corrected chi connectivity index (χ4v) is 2.63. The Morgan fingerprint density at radius 1 is 1.40 bits per heavy atom. The maximum Gasteiger partial charge on any atom is 0.127 e. The van der Waals surface area contributed by atoms with Crippen LogP contribution >= 0.6 is 15.9 Å². The van der Waals surface area contributed by atoms with Gasteiger partial charge in [0.1, 0.15) is 24.7 Å². The number of benzene rings is 1. The molecule has 1 unspecified atom stereocenters. The van der Waals surface area contributed by atoms with Crippen molar-refractivity contribution >= 4 is 15.9 Å². The van der Waals surface area contributed by atoms with Crippen molar-refractivity contribution in [3.63, 3.8) is 0 Å². The van der Waals surface area contributed by atoms with Crippen molar-refractivity contribution in [3.8, 4) is 11.5 Å². The van der Waals surface area contributed by atoms with Crippen LogP contribution in [0.25, 0.3) is 0 Å². The number of nitrogens with zero attached hydrogens (tertiary/aromatic N) is 1. The van der Waals surface area contributed by atoms with Gasteiger partial charge in [0.25, 0.3) is 0 Å². The zero-order valence-corrected chi connectivity index (χ0v) is 12.7. The standard InChI is InChI=1S/C15H15BrN2O2/c1-17-14-9-20-15-5-12(2-3-13(14)15)19-8-10-4-11(16)7-18-6-10/h2-7,14,17H,8-9H2,1H3. The summed E-state index contributed by atoms with van der Waals surface area (Å²) in [4.78, 5) is 4.12. The molecule has 0 fully saturated rings. The Balaban J connectivity index is 1.70. The summed E-state index contributed by atoms with van der Waals surface area (Å²) >= 11 is 3.40. The quantitative estimate of drug-likeness (QED) is 0.933. The molecule has 0 bridgehead atoms. The molecule has 2 heterocycles. The van der Waals surface area contributed by atoms with E-state index in [0.717, 1.165) is 21.5 Å². The third-order valence-electron chi connectivity index (χ3n) is 3.28. The van der Waals surface area contributed by atoms with Crippen molar-refractivity contribution in [2.24, 2.45) is 0 Å². The number of hydrogen-bond acceptors (Lipinski definition) is 4. The normalized spacial score (nSPS) is 16.6. The van der Waals surface area contributed by atoms with Crippen molar-refractivity contribution in [2.75, 3.05) is 13.7 Å². The van der Waals surface area contributed by atoms with Gasteiger partial charge >= 0.3 is 0 Å². The topological polar surface area (TPSA) is 43.4 Å². The average molecular weight is 335 g/mol. The van der Waals surface area contributed by atoms with Crippen molar-refractivity contribution < 1.29 is 9.47 Å². The number of halogens is 1. The Hall–Kier alpha value is -1.59. The SMILES string of the molecule is CNC1COc2cc(OCc3cncc(Br)c3)ccc21. The van der Waals surface area contributed by atoms with E-state index in [1.54, 1.807) is 12.4 Å². The van der Waals surface area contributed by atoms with Crippen LogP contribution in [0.2, 0.25) is 0 Å². The number of likely N-dealkylation sites (N-methyl/N-ethyl adjacent to an activating group) is 1. The minimum absolute atomic E-state index is 0.272. The van der Waals surface area contributed by atoms with E-state index >= 15 is 0 Å². The van der Waals surface area contributed by atoms with Crippen LogP contribution in [0, 0.1) is 0 Å². The van der Waals surface area contributed by atoms with E-state index in [-0.39, 0.29) is 6.04 Å². The van der Waals surface area contributed by atoms with Gasteiger partial charge in [-0.2, -0.15) is 0 Å². The molecule has 1 aromatic heterocycles. The second-order valence-corrected chi connectivity index (χ2v) is 5.57. The number of nitrogens with one attached hydrogen (secondary N) is 1. The van der Waals surface area contributed by atoms with Gasteiger partial charge in [-0.15, -0.1) is 0 Å². The van der Waals surface area contributed by atoms with E-state index in [2.05, 4.69) is 32.3 Å². The lowest BCUT2D eigenvalue weighted by Gasteiger charge is -2.09.